The van der Waals surface area contributed by atoms with Gasteiger partial charge in [0.25, 0.3) is 5.69 Å². The van der Waals surface area contributed by atoms with Gasteiger partial charge >= 0.3 is 0 Å². The lowest BCUT2D eigenvalue weighted by Gasteiger charge is -2.06. The Hall–Kier alpha value is -3.55. The van der Waals surface area contributed by atoms with Crippen molar-refractivity contribution >= 4 is 28.9 Å². The van der Waals surface area contributed by atoms with Crippen LogP contribution in [-0.4, -0.2) is 22.4 Å². The maximum Gasteiger partial charge on any atom is 0.269 e. The minimum absolute atomic E-state index is 0.0259. The van der Waals surface area contributed by atoms with Crippen molar-refractivity contribution in [3.8, 4) is 0 Å². The Morgan fingerprint density at radius 1 is 1.12 bits per heavy atom. The number of amides is 2. The second-order valence-electron chi connectivity index (χ2n) is 5.59. The first-order valence-electron chi connectivity index (χ1n) is 7.79. The van der Waals surface area contributed by atoms with E-state index < -0.39 is 4.92 Å². The van der Waals surface area contributed by atoms with E-state index in [1.165, 1.54) is 31.2 Å². The standard InChI is InChI=1S/C18H18N4O4/c1-12(15-4-3-5-16(11-15)19-13(2)23)20-21-18(24)10-14-6-8-17(9-7-14)22(25)26/h3-9,11H,10H2,1-2H3,(H,19,23)(H,21,24). The quantitative estimate of drug-likeness (QED) is 0.471. The predicted molar refractivity (Wildman–Crippen MR) is 97.9 cm³/mol. The average Bonchev–Trinajstić information content (AvgIpc) is 2.59. The van der Waals surface area contributed by atoms with Gasteiger partial charge in [-0.2, -0.15) is 5.10 Å². The van der Waals surface area contributed by atoms with Crippen LogP contribution in [-0.2, 0) is 16.0 Å². The maximum atomic E-state index is 12.0. The summed E-state index contributed by atoms with van der Waals surface area (Å²) < 4.78 is 0. The second kappa shape index (κ2) is 8.52. The Kier molecular flexibility index (Phi) is 6.15. The van der Waals surface area contributed by atoms with Crippen LogP contribution in [0.2, 0.25) is 0 Å². The van der Waals surface area contributed by atoms with Gasteiger partial charge in [-0.05, 0) is 30.2 Å². The monoisotopic (exact) mass is 354 g/mol. The first-order valence-corrected chi connectivity index (χ1v) is 7.79. The van der Waals surface area contributed by atoms with E-state index in [0.29, 0.717) is 17.0 Å². The zero-order valence-corrected chi connectivity index (χ0v) is 14.4. The molecule has 8 heteroatoms. The molecule has 0 atom stereocenters. The highest BCUT2D eigenvalue weighted by Crippen LogP contribution is 2.13. The molecule has 0 spiro atoms. The van der Waals surface area contributed by atoms with Gasteiger partial charge in [-0.3, -0.25) is 19.7 Å². The third-order valence-corrected chi connectivity index (χ3v) is 3.46. The summed E-state index contributed by atoms with van der Waals surface area (Å²) in [7, 11) is 0. The van der Waals surface area contributed by atoms with Gasteiger partial charge in [-0.15, -0.1) is 0 Å². The number of nitrogens with one attached hydrogen (secondary N) is 2. The van der Waals surface area contributed by atoms with Gasteiger partial charge < -0.3 is 5.32 Å². The van der Waals surface area contributed by atoms with Gasteiger partial charge in [-0.25, -0.2) is 5.43 Å². The molecule has 0 saturated carbocycles. The number of hydrogen-bond acceptors (Lipinski definition) is 5. The van der Waals surface area contributed by atoms with Crippen LogP contribution < -0.4 is 10.7 Å². The van der Waals surface area contributed by atoms with E-state index in [-0.39, 0.29) is 23.9 Å². The summed E-state index contributed by atoms with van der Waals surface area (Å²) in [4.78, 5) is 33.2. The van der Waals surface area contributed by atoms with Gasteiger partial charge in [0.05, 0.1) is 17.1 Å². The molecule has 0 aliphatic heterocycles. The number of nitro groups is 1. The number of carbonyl (C=O) groups is 2. The average molecular weight is 354 g/mol. The van der Waals surface area contributed by atoms with E-state index in [9.17, 15) is 19.7 Å². The van der Waals surface area contributed by atoms with Crippen molar-refractivity contribution in [3.63, 3.8) is 0 Å². The van der Waals surface area contributed by atoms with Crippen LogP contribution >= 0.6 is 0 Å². The highest BCUT2D eigenvalue weighted by molar-refractivity contribution is 6.00. The van der Waals surface area contributed by atoms with Crippen LogP contribution in [0.1, 0.15) is 25.0 Å². The van der Waals surface area contributed by atoms with Crippen molar-refractivity contribution in [2.24, 2.45) is 5.10 Å². The normalized spacial score (nSPS) is 10.9. The number of nitrogens with zero attached hydrogens (tertiary/aromatic N) is 2. The largest absolute Gasteiger partial charge is 0.326 e. The first-order chi connectivity index (χ1) is 12.3. The molecule has 0 fully saturated rings. The smallest absolute Gasteiger partial charge is 0.269 e. The SMILES string of the molecule is CC(=O)Nc1cccc(C(C)=NNC(=O)Cc2ccc([N+](=O)[O-])cc2)c1. The Morgan fingerprint density at radius 3 is 2.42 bits per heavy atom. The van der Waals surface area contributed by atoms with Crippen LogP contribution in [0.5, 0.6) is 0 Å². The fourth-order valence-electron chi connectivity index (χ4n) is 2.20. The van der Waals surface area contributed by atoms with Crippen molar-refractivity contribution < 1.29 is 14.5 Å². The molecule has 2 aromatic carbocycles. The topological polar surface area (TPSA) is 114 Å². The van der Waals surface area contributed by atoms with Gasteiger partial charge in [0.15, 0.2) is 0 Å². The molecule has 0 bridgehead atoms. The zero-order chi connectivity index (χ0) is 19.1. The van der Waals surface area contributed by atoms with Crippen LogP contribution in [0.4, 0.5) is 11.4 Å². The van der Waals surface area contributed by atoms with Gasteiger partial charge in [0.2, 0.25) is 11.8 Å². The summed E-state index contributed by atoms with van der Waals surface area (Å²) in [5.41, 5.74) is 5.05. The number of nitro benzene ring substituents is 1. The molecule has 134 valence electrons. The lowest BCUT2D eigenvalue weighted by atomic mass is 10.1. The number of hydrogen-bond donors (Lipinski definition) is 2. The zero-order valence-electron chi connectivity index (χ0n) is 14.4. The third-order valence-electron chi connectivity index (χ3n) is 3.46. The lowest BCUT2D eigenvalue weighted by Crippen LogP contribution is -2.21. The molecule has 2 N–H and O–H groups in total. The van der Waals surface area contributed by atoms with Crippen LogP contribution in [0.3, 0.4) is 0 Å². The Balaban J connectivity index is 1.98. The molecule has 0 aliphatic carbocycles. The summed E-state index contributed by atoms with van der Waals surface area (Å²) in [6.07, 6.45) is 0.0563. The minimum Gasteiger partial charge on any atom is -0.326 e. The molecule has 0 saturated heterocycles. The Bertz CT molecular complexity index is 860. The maximum absolute atomic E-state index is 12.0. The number of anilines is 1. The fourth-order valence-corrected chi connectivity index (χ4v) is 2.20. The molecule has 0 unspecified atom stereocenters. The highest BCUT2D eigenvalue weighted by Gasteiger charge is 2.07. The number of rotatable bonds is 6. The van der Waals surface area contributed by atoms with E-state index in [1.807, 2.05) is 6.07 Å². The summed E-state index contributed by atoms with van der Waals surface area (Å²) in [5, 5.41) is 17.3. The molecule has 2 rings (SSSR count). The summed E-state index contributed by atoms with van der Waals surface area (Å²) >= 11 is 0. The second-order valence-corrected chi connectivity index (χ2v) is 5.59. The molecule has 8 nitrogen and oxygen atoms in total. The van der Waals surface area contributed by atoms with Crippen LogP contribution in [0, 0.1) is 10.1 Å². The lowest BCUT2D eigenvalue weighted by molar-refractivity contribution is -0.384. The fraction of sp³-hybridized carbons (Fsp3) is 0.167. The van der Waals surface area contributed by atoms with Crippen LogP contribution in [0.25, 0.3) is 0 Å². The predicted octanol–water partition coefficient (Wildman–Crippen LogP) is 2.64. The molecule has 0 heterocycles. The van der Waals surface area contributed by atoms with Gasteiger partial charge in [0.1, 0.15) is 0 Å². The van der Waals surface area contributed by atoms with Crippen LogP contribution in [0.15, 0.2) is 53.6 Å². The van der Waals surface area contributed by atoms with Crippen molar-refractivity contribution in [2.45, 2.75) is 20.3 Å². The number of hydrazone groups is 1. The van der Waals surface area contributed by atoms with E-state index in [0.717, 1.165) is 5.56 Å². The van der Waals surface area contributed by atoms with Crippen molar-refractivity contribution in [1.29, 1.82) is 0 Å². The molecular formula is C18H18N4O4. The summed E-state index contributed by atoms with van der Waals surface area (Å²) in [6, 6.07) is 12.9. The number of non-ortho nitro benzene ring substituents is 1. The molecule has 2 amide bonds. The highest BCUT2D eigenvalue weighted by atomic mass is 16.6. The summed E-state index contributed by atoms with van der Waals surface area (Å²) in [5.74, 6) is -0.510. The molecule has 0 radical (unpaired) electrons. The minimum atomic E-state index is -0.493. The Labute approximate surface area is 150 Å². The molecule has 26 heavy (non-hydrogen) atoms. The molecule has 2 aromatic rings. The number of carbonyl (C=O) groups excluding carboxylic acids is 2. The molecular weight excluding hydrogens is 336 g/mol. The molecule has 0 aromatic heterocycles. The van der Waals surface area contributed by atoms with E-state index in [2.05, 4.69) is 15.8 Å². The summed E-state index contributed by atoms with van der Waals surface area (Å²) in [6.45, 7) is 3.16. The number of benzene rings is 2. The van der Waals surface area contributed by atoms with E-state index >= 15 is 0 Å². The van der Waals surface area contributed by atoms with Crippen molar-refractivity contribution in [1.82, 2.24) is 5.43 Å². The van der Waals surface area contributed by atoms with Gasteiger partial charge in [-0.1, -0.05) is 24.3 Å². The first kappa shape index (κ1) is 18.8. The van der Waals surface area contributed by atoms with E-state index in [1.54, 1.807) is 25.1 Å². The van der Waals surface area contributed by atoms with Crippen molar-refractivity contribution in [2.75, 3.05) is 5.32 Å². The van der Waals surface area contributed by atoms with Crippen molar-refractivity contribution in [3.05, 3.63) is 69.8 Å². The Morgan fingerprint density at radius 2 is 1.81 bits per heavy atom. The van der Waals surface area contributed by atoms with Gasteiger partial charge in [0, 0.05) is 24.7 Å². The van der Waals surface area contributed by atoms with E-state index in [4.69, 9.17) is 0 Å². The third kappa shape index (κ3) is 5.52. The molecule has 0 aliphatic rings.